The summed E-state index contributed by atoms with van der Waals surface area (Å²) in [6, 6.07) is -0.0478. The maximum atomic E-state index is 12.7. The van der Waals surface area contributed by atoms with Crippen molar-refractivity contribution in [2.75, 3.05) is 6.61 Å². The minimum atomic E-state index is -1.63. The second-order valence-corrected chi connectivity index (χ2v) is 13.4. The molecule has 2 unspecified atom stereocenters. The van der Waals surface area contributed by atoms with E-state index < -0.39 is 9.89 Å². The van der Waals surface area contributed by atoms with Gasteiger partial charge in [0.15, 0.2) is 0 Å². The summed E-state index contributed by atoms with van der Waals surface area (Å²) in [5.41, 5.74) is 0.0499. The molecular formula is C24H34Cl3NO3. The van der Waals surface area contributed by atoms with E-state index in [0.717, 1.165) is 32.1 Å². The van der Waals surface area contributed by atoms with Crippen molar-refractivity contribution in [3.05, 3.63) is 12.2 Å². The van der Waals surface area contributed by atoms with E-state index in [9.17, 15) is 9.59 Å². The molecule has 1 N–H and O–H groups in total. The van der Waals surface area contributed by atoms with Crippen LogP contribution in [0.4, 0.5) is 4.79 Å². The highest BCUT2D eigenvalue weighted by Crippen LogP contribution is 2.67. The van der Waals surface area contributed by atoms with Gasteiger partial charge in [-0.25, -0.2) is 4.79 Å². The van der Waals surface area contributed by atoms with E-state index in [4.69, 9.17) is 39.5 Å². The Kier molecular flexibility index (Phi) is 6.42. The second kappa shape index (κ2) is 8.40. The zero-order valence-corrected chi connectivity index (χ0v) is 20.9. The van der Waals surface area contributed by atoms with Gasteiger partial charge in [0.25, 0.3) is 0 Å². The summed E-state index contributed by atoms with van der Waals surface area (Å²) in [6.07, 6.45) is 11.5. The van der Waals surface area contributed by atoms with Crippen molar-refractivity contribution in [2.24, 2.45) is 40.4 Å². The predicted octanol–water partition coefficient (Wildman–Crippen LogP) is 6.48. The Morgan fingerprint density at radius 1 is 1.10 bits per heavy atom. The van der Waals surface area contributed by atoms with Gasteiger partial charge in [-0.15, -0.1) is 0 Å². The lowest BCUT2D eigenvalue weighted by atomic mass is 9.44. The molecule has 8 atom stereocenters. The molecule has 4 aliphatic carbocycles. The fourth-order valence-electron chi connectivity index (χ4n) is 8.17. The standard InChI is InChI=1S/C24H34Cl3NO3/c1-14(29)17-9-10-18-16-8-7-15-6-4-5-11-22(15,2)20(16)19(12-23(17,18)3)28-21(30)31-13-24(25,26)27/h4-5,15-20H,6-13H2,1-3H3,(H,28,30)/t15?,16-,17+,18-,19?,20+,22-,23+/m0/s1. The van der Waals surface area contributed by atoms with Gasteiger partial charge in [-0.3, -0.25) is 4.79 Å². The van der Waals surface area contributed by atoms with Gasteiger partial charge in [0, 0.05) is 12.0 Å². The molecule has 0 aromatic carbocycles. The lowest BCUT2D eigenvalue weighted by molar-refractivity contribution is -0.135. The van der Waals surface area contributed by atoms with Crippen LogP contribution in [-0.2, 0) is 9.53 Å². The molecule has 1 amide bonds. The Morgan fingerprint density at radius 2 is 1.84 bits per heavy atom. The third-order valence-electron chi connectivity index (χ3n) is 9.33. The van der Waals surface area contributed by atoms with Crippen LogP contribution in [0.5, 0.6) is 0 Å². The van der Waals surface area contributed by atoms with Crippen LogP contribution in [0.2, 0.25) is 0 Å². The van der Waals surface area contributed by atoms with E-state index in [2.05, 4.69) is 31.3 Å². The molecule has 0 aromatic heterocycles. The van der Waals surface area contributed by atoms with E-state index in [1.165, 1.54) is 12.8 Å². The molecular weight excluding hydrogens is 457 g/mol. The number of amides is 1. The van der Waals surface area contributed by atoms with Crippen molar-refractivity contribution in [1.29, 1.82) is 0 Å². The molecule has 0 radical (unpaired) electrons. The van der Waals surface area contributed by atoms with Gasteiger partial charge < -0.3 is 10.1 Å². The average molecular weight is 491 g/mol. The number of fused-ring (bicyclic) bond motifs is 5. The Hall–Kier alpha value is -0.450. The summed E-state index contributed by atoms with van der Waals surface area (Å²) in [4.78, 5) is 25.3. The van der Waals surface area contributed by atoms with Crippen molar-refractivity contribution < 1.29 is 14.3 Å². The average Bonchev–Trinajstić information content (AvgIpc) is 3.02. The molecule has 0 bridgehead atoms. The van der Waals surface area contributed by atoms with Crippen LogP contribution in [0.15, 0.2) is 12.2 Å². The van der Waals surface area contributed by atoms with Crippen LogP contribution in [0.1, 0.15) is 65.7 Å². The van der Waals surface area contributed by atoms with Gasteiger partial charge in [-0.2, -0.15) is 0 Å². The monoisotopic (exact) mass is 489 g/mol. The van der Waals surface area contributed by atoms with Crippen LogP contribution in [0.25, 0.3) is 0 Å². The molecule has 7 heteroatoms. The maximum absolute atomic E-state index is 12.7. The number of ketones is 1. The molecule has 0 aliphatic heterocycles. The lowest BCUT2D eigenvalue weighted by Crippen LogP contribution is -2.62. The lowest BCUT2D eigenvalue weighted by Gasteiger charge is -2.62. The fourth-order valence-corrected chi connectivity index (χ4v) is 8.34. The zero-order valence-electron chi connectivity index (χ0n) is 18.6. The first-order valence-electron chi connectivity index (χ1n) is 11.6. The number of rotatable bonds is 3. The zero-order chi connectivity index (χ0) is 22.6. The summed E-state index contributed by atoms with van der Waals surface area (Å²) in [5.74, 6) is 2.38. The number of halogens is 3. The van der Waals surface area contributed by atoms with Gasteiger partial charge >= 0.3 is 6.09 Å². The number of carbonyl (C=O) groups excluding carboxylic acids is 2. The second-order valence-electron chi connectivity index (χ2n) is 10.9. The molecule has 4 rings (SSSR count). The summed E-state index contributed by atoms with van der Waals surface area (Å²) >= 11 is 17.3. The number of alkyl halides is 3. The number of carbonyl (C=O) groups is 2. The first-order valence-corrected chi connectivity index (χ1v) is 12.7. The highest BCUT2D eigenvalue weighted by Gasteiger charge is 2.63. The summed E-state index contributed by atoms with van der Waals surface area (Å²) in [6.45, 7) is 6.14. The molecule has 0 heterocycles. The van der Waals surface area contributed by atoms with Crippen molar-refractivity contribution in [3.63, 3.8) is 0 Å². The highest BCUT2D eigenvalue weighted by molar-refractivity contribution is 6.67. The van der Waals surface area contributed by atoms with E-state index >= 15 is 0 Å². The predicted molar refractivity (Wildman–Crippen MR) is 124 cm³/mol. The molecule has 0 spiro atoms. The van der Waals surface area contributed by atoms with E-state index in [1.807, 2.05) is 0 Å². The smallest absolute Gasteiger partial charge is 0.407 e. The van der Waals surface area contributed by atoms with Crippen molar-refractivity contribution in [1.82, 2.24) is 5.32 Å². The van der Waals surface area contributed by atoms with Crippen LogP contribution < -0.4 is 5.32 Å². The normalized spacial score (nSPS) is 44.1. The molecule has 4 aliphatic rings. The topological polar surface area (TPSA) is 55.4 Å². The first kappa shape index (κ1) is 23.7. The molecule has 4 nitrogen and oxygen atoms in total. The van der Waals surface area contributed by atoms with Crippen LogP contribution >= 0.6 is 34.8 Å². The maximum Gasteiger partial charge on any atom is 0.407 e. The van der Waals surface area contributed by atoms with Crippen molar-refractivity contribution in [2.45, 2.75) is 75.6 Å². The summed E-state index contributed by atoms with van der Waals surface area (Å²) in [7, 11) is 0. The van der Waals surface area contributed by atoms with Gasteiger partial charge in [0.2, 0.25) is 3.79 Å². The molecule has 0 aromatic rings. The van der Waals surface area contributed by atoms with Crippen LogP contribution in [0, 0.1) is 40.4 Å². The third-order valence-corrected chi connectivity index (χ3v) is 9.66. The SMILES string of the molecule is CC(=O)[C@H]1CC[C@H]2[C@@H]3CCC4CC=CC[C@]4(C)[C@H]3C(NC(=O)OCC(Cl)(Cl)Cl)C[C@]12C. The Balaban J connectivity index is 1.65. The quantitative estimate of drug-likeness (QED) is 0.364. The summed E-state index contributed by atoms with van der Waals surface area (Å²) < 4.78 is 3.62. The number of allylic oxidation sites excluding steroid dienone is 2. The number of hydrogen-bond donors (Lipinski definition) is 1. The Labute approximate surface area is 200 Å². The minimum absolute atomic E-state index is 0.0478. The largest absolute Gasteiger partial charge is 0.445 e. The Morgan fingerprint density at radius 3 is 2.52 bits per heavy atom. The third kappa shape index (κ3) is 4.26. The van der Waals surface area contributed by atoms with Gasteiger partial charge in [-0.05, 0) is 86.4 Å². The van der Waals surface area contributed by atoms with E-state index in [0.29, 0.717) is 23.7 Å². The van der Waals surface area contributed by atoms with Crippen LogP contribution in [-0.4, -0.2) is 28.3 Å². The van der Waals surface area contributed by atoms with Crippen LogP contribution in [0.3, 0.4) is 0 Å². The number of alkyl carbamates (subject to hydrolysis) is 1. The van der Waals surface area contributed by atoms with E-state index in [-0.39, 0.29) is 35.2 Å². The molecule has 3 saturated carbocycles. The van der Waals surface area contributed by atoms with Gasteiger partial charge in [0.1, 0.15) is 12.4 Å². The molecule has 0 saturated heterocycles. The number of ether oxygens (including phenoxy) is 1. The highest BCUT2D eigenvalue weighted by atomic mass is 35.6. The van der Waals surface area contributed by atoms with Gasteiger partial charge in [0.05, 0.1) is 0 Å². The van der Waals surface area contributed by atoms with Gasteiger partial charge in [-0.1, -0.05) is 60.8 Å². The number of Topliss-reactive ketones (excluding diaryl/α,β-unsaturated/α-hetero) is 1. The molecule has 174 valence electrons. The van der Waals surface area contributed by atoms with Crippen molar-refractivity contribution in [3.8, 4) is 0 Å². The van der Waals surface area contributed by atoms with Crippen molar-refractivity contribution >= 4 is 46.7 Å². The molecule has 3 fully saturated rings. The fraction of sp³-hybridized carbons (Fsp3) is 0.833. The summed E-state index contributed by atoms with van der Waals surface area (Å²) in [5, 5.41) is 3.17. The first-order chi connectivity index (χ1) is 14.5. The number of nitrogens with one attached hydrogen (secondary N) is 1. The number of hydrogen-bond acceptors (Lipinski definition) is 3. The minimum Gasteiger partial charge on any atom is -0.445 e. The Bertz CT molecular complexity index is 766. The van der Waals surface area contributed by atoms with E-state index in [1.54, 1.807) is 6.92 Å². The molecule has 31 heavy (non-hydrogen) atoms.